The molecule has 3 rings (SSSR count). The Morgan fingerprint density at radius 1 is 1.33 bits per heavy atom. The summed E-state index contributed by atoms with van der Waals surface area (Å²) in [7, 11) is 2.03. The molecule has 0 spiro atoms. The lowest BCUT2D eigenvalue weighted by Gasteiger charge is -2.22. The summed E-state index contributed by atoms with van der Waals surface area (Å²) in [6, 6.07) is 4.66. The van der Waals surface area contributed by atoms with Crippen LogP contribution in [0.5, 0.6) is 0 Å². The van der Waals surface area contributed by atoms with E-state index >= 15 is 0 Å². The van der Waals surface area contributed by atoms with Gasteiger partial charge in [0.25, 0.3) is 0 Å². The molecule has 0 saturated carbocycles. The summed E-state index contributed by atoms with van der Waals surface area (Å²) in [4.78, 5) is 9.88. The third kappa shape index (κ3) is 3.22. The number of nitrogens with zero attached hydrogens (tertiary/aromatic N) is 4. The summed E-state index contributed by atoms with van der Waals surface area (Å²) in [6.07, 6.45) is 9.47. The van der Waals surface area contributed by atoms with E-state index < -0.39 is 0 Å². The molecule has 6 heteroatoms. The summed E-state index contributed by atoms with van der Waals surface area (Å²) in [5, 5.41) is 5.78. The van der Waals surface area contributed by atoms with Gasteiger partial charge in [-0.2, -0.15) is 0 Å². The maximum atomic E-state index is 4.51. The Morgan fingerprint density at radius 3 is 2.86 bits per heavy atom. The first-order chi connectivity index (χ1) is 10.2. The fraction of sp³-hybridized carbons (Fsp3) is 0.333. The predicted octanol–water partition coefficient (Wildman–Crippen LogP) is 2.45. The fourth-order valence-electron chi connectivity index (χ4n) is 2.44. The lowest BCUT2D eigenvalue weighted by atomic mass is 10.2. The molecule has 0 radical (unpaired) electrons. The van der Waals surface area contributed by atoms with E-state index in [1.807, 2.05) is 38.2 Å². The van der Waals surface area contributed by atoms with Crippen LogP contribution >= 0.6 is 11.3 Å². The van der Waals surface area contributed by atoms with Crippen molar-refractivity contribution in [1.29, 1.82) is 0 Å². The molecule has 0 bridgehead atoms. The molecule has 0 aliphatic carbocycles. The van der Waals surface area contributed by atoms with Gasteiger partial charge in [-0.25, -0.2) is 9.97 Å². The van der Waals surface area contributed by atoms with Crippen LogP contribution in [0.15, 0.2) is 48.6 Å². The average molecular weight is 301 g/mol. The molecule has 0 amide bonds. The van der Waals surface area contributed by atoms with E-state index in [1.165, 1.54) is 4.88 Å². The predicted molar refractivity (Wildman–Crippen MR) is 84.2 cm³/mol. The van der Waals surface area contributed by atoms with Gasteiger partial charge in [-0.15, -0.1) is 11.3 Å². The quantitative estimate of drug-likeness (QED) is 0.761. The highest BCUT2D eigenvalue weighted by atomic mass is 32.1. The van der Waals surface area contributed by atoms with E-state index in [0.717, 1.165) is 12.4 Å². The highest BCUT2D eigenvalue weighted by Gasteiger charge is 2.21. The van der Waals surface area contributed by atoms with Crippen molar-refractivity contribution in [2.24, 2.45) is 7.05 Å². The van der Waals surface area contributed by atoms with E-state index in [-0.39, 0.29) is 6.04 Å². The molecule has 21 heavy (non-hydrogen) atoms. The maximum absolute atomic E-state index is 4.51. The average Bonchev–Trinajstić information content (AvgIpc) is 3.18. The Balaban J connectivity index is 1.78. The van der Waals surface area contributed by atoms with Crippen molar-refractivity contribution in [1.82, 2.24) is 24.4 Å². The van der Waals surface area contributed by atoms with E-state index in [0.29, 0.717) is 6.04 Å². The van der Waals surface area contributed by atoms with Crippen LogP contribution in [0.25, 0.3) is 0 Å². The van der Waals surface area contributed by atoms with E-state index in [4.69, 9.17) is 0 Å². The number of nitrogens with one attached hydrogen (secondary N) is 1. The van der Waals surface area contributed by atoms with Crippen LogP contribution in [-0.2, 0) is 13.6 Å². The molecule has 0 aliphatic rings. The van der Waals surface area contributed by atoms with Gasteiger partial charge in [-0.1, -0.05) is 6.07 Å². The zero-order valence-corrected chi connectivity index (χ0v) is 13.0. The van der Waals surface area contributed by atoms with Crippen LogP contribution in [0.2, 0.25) is 0 Å². The summed E-state index contributed by atoms with van der Waals surface area (Å²) >= 11 is 1.75. The molecule has 5 nitrogen and oxygen atoms in total. The number of hydrogen-bond donors (Lipinski definition) is 1. The number of imidazole rings is 2. The van der Waals surface area contributed by atoms with Crippen molar-refractivity contribution in [2.75, 3.05) is 0 Å². The van der Waals surface area contributed by atoms with Gasteiger partial charge in [0.05, 0.1) is 6.33 Å². The Labute approximate surface area is 128 Å². The van der Waals surface area contributed by atoms with Gasteiger partial charge in [-0.05, 0) is 18.4 Å². The minimum Gasteiger partial charge on any atom is -0.336 e. The third-order valence-corrected chi connectivity index (χ3v) is 4.38. The Bertz CT molecular complexity index is 656. The lowest BCUT2D eigenvalue weighted by Crippen LogP contribution is -2.35. The van der Waals surface area contributed by atoms with Gasteiger partial charge < -0.3 is 9.13 Å². The molecule has 3 heterocycles. The summed E-state index contributed by atoms with van der Waals surface area (Å²) < 4.78 is 4.16. The molecule has 2 atom stereocenters. The second-order valence-electron chi connectivity index (χ2n) is 5.17. The van der Waals surface area contributed by atoms with Gasteiger partial charge in [-0.3, -0.25) is 5.32 Å². The Morgan fingerprint density at radius 2 is 2.24 bits per heavy atom. The second-order valence-corrected chi connectivity index (χ2v) is 6.15. The largest absolute Gasteiger partial charge is 0.336 e. The van der Waals surface area contributed by atoms with Crippen LogP contribution in [0, 0.1) is 0 Å². The first-order valence-corrected chi connectivity index (χ1v) is 7.84. The molecule has 0 fully saturated rings. The molecular weight excluding hydrogens is 282 g/mol. The molecule has 3 aromatic rings. The second kappa shape index (κ2) is 6.24. The molecule has 2 unspecified atom stereocenters. The fourth-order valence-corrected chi connectivity index (χ4v) is 3.22. The van der Waals surface area contributed by atoms with Gasteiger partial charge in [0.2, 0.25) is 0 Å². The van der Waals surface area contributed by atoms with Crippen molar-refractivity contribution in [3.8, 4) is 0 Å². The summed E-state index contributed by atoms with van der Waals surface area (Å²) in [5.74, 6) is 1.04. The Kier molecular flexibility index (Phi) is 4.17. The monoisotopic (exact) mass is 301 g/mol. The van der Waals surface area contributed by atoms with Crippen molar-refractivity contribution in [3.63, 3.8) is 0 Å². The zero-order chi connectivity index (χ0) is 14.7. The van der Waals surface area contributed by atoms with Crippen molar-refractivity contribution in [2.45, 2.75) is 25.6 Å². The van der Waals surface area contributed by atoms with Crippen LogP contribution in [0.3, 0.4) is 0 Å². The van der Waals surface area contributed by atoms with E-state index in [1.54, 1.807) is 11.3 Å². The van der Waals surface area contributed by atoms with Crippen LogP contribution in [-0.4, -0.2) is 25.1 Å². The molecule has 0 aliphatic heterocycles. The van der Waals surface area contributed by atoms with Crippen molar-refractivity contribution >= 4 is 11.3 Å². The summed E-state index contributed by atoms with van der Waals surface area (Å²) in [5.41, 5.74) is 0. The number of hydrogen-bond acceptors (Lipinski definition) is 4. The zero-order valence-electron chi connectivity index (χ0n) is 12.2. The highest BCUT2D eigenvalue weighted by Crippen LogP contribution is 2.25. The minimum absolute atomic E-state index is 0.114. The molecular formula is C15H19N5S. The first kappa shape index (κ1) is 14.0. The van der Waals surface area contributed by atoms with Gasteiger partial charge in [0, 0.05) is 49.3 Å². The number of thiophene rings is 1. The highest BCUT2D eigenvalue weighted by molar-refractivity contribution is 7.10. The number of rotatable bonds is 6. The molecule has 0 saturated heterocycles. The number of aromatic nitrogens is 4. The molecule has 110 valence electrons. The van der Waals surface area contributed by atoms with Gasteiger partial charge >= 0.3 is 0 Å². The number of aryl methyl sites for hydroxylation is 1. The van der Waals surface area contributed by atoms with E-state index in [2.05, 4.69) is 48.9 Å². The van der Waals surface area contributed by atoms with Gasteiger partial charge in [0.15, 0.2) is 0 Å². The lowest BCUT2D eigenvalue weighted by molar-refractivity contribution is 0.432. The van der Waals surface area contributed by atoms with Crippen molar-refractivity contribution < 1.29 is 0 Å². The topological polar surface area (TPSA) is 47.7 Å². The maximum Gasteiger partial charge on any atom is 0.131 e. The van der Waals surface area contributed by atoms with Crippen LogP contribution in [0.4, 0.5) is 0 Å². The minimum atomic E-state index is 0.114. The van der Waals surface area contributed by atoms with E-state index in [9.17, 15) is 0 Å². The molecule has 3 aromatic heterocycles. The standard InChI is InChI=1S/C15H19N5S/c1-12(10-20-8-5-16-11-20)18-14(13-4-3-9-21-13)15-17-6-7-19(15)2/h3-9,11-12,14,18H,10H2,1-2H3. The normalized spacial score (nSPS) is 14.2. The van der Waals surface area contributed by atoms with Gasteiger partial charge in [0.1, 0.15) is 11.9 Å². The molecule has 0 aromatic carbocycles. The van der Waals surface area contributed by atoms with Crippen molar-refractivity contribution in [3.05, 3.63) is 59.3 Å². The first-order valence-electron chi connectivity index (χ1n) is 6.96. The molecule has 1 N–H and O–H groups in total. The van der Waals surface area contributed by atoms with Crippen LogP contribution in [0.1, 0.15) is 23.7 Å². The van der Waals surface area contributed by atoms with Crippen LogP contribution < -0.4 is 5.32 Å². The summed E-state index contributed by atoms with van der Waals surface area (Å²) in [6.45, 7) is 3.07. The SMILES string of the molecule is CC(Cn1ccnc1)NC(c1cccs1)c1nccn1C. The Hall–Kier alpha value is -1.92. The third-order valence-electron chi connectivity index (χ3n) is 3.44. The smallest absolute Gasteiger partial charge is 0.131 e.